The van der Waals surface area contributed by atoms with Gasteiger partial charge in [0.05, 0.1) is 23.2 Å². The number of nitrogens with zero attached hydrogens (tertiary/aromatic N) is 2. The van der Waals surface area contributed by atoms with Crippen LogP contribution in [0.15, 0.2) is 132 Å². The van der Waals surface area contributed by atoms with Crippen LogP contribution in [0.1, 0.15) is 82.4 Å². The maximum atomic E-state index is 13.0. The Kier molecular flexibility index (Phi) is 17.0. The first-order chi connectivity index (χ1) is 32.2. The second-order valence-electron chi connectivity index (χ2n) is 17.1. The number of carbonyl (C=O) groups excluding carboxylic acids is 1. The van der Waals surface area contributed by atoms with Gasteiger partial charge in [0.1, 0.15) is 24.2 Å². The van der Waals surface area contributed by atoms with E-state index in [-0.39, 0.29) is 35.9 Å². The number of piperidine rings is 4. The van der Waals surface area contributed by atoms with Crippen molar-refractivity contribution in [2.45, 2.75) is 63.5 Å². The van der Waals surface area contributed by atoms with Gasteiger partial charge in [-0.1, -0.05) is 72.8 Å². The molecule has 66 heavy (non-hydrogen) atoms. The van der Waals surface area contributed by atoms with Crippen molar-refractivity contribution in [1.29, 1.82) is 0 Å². The summed E-state index contributed by atoms with van der Waals surface area (Å²) >= 11 is 0. The number of fused-ring (bicyclic) bond motifs is 4. The molecule has 0 amide bonds. The third-order valence-corrected chi connectivity index (χ3v) is 12.7. The molecule has 13 heteroatoms. The third-order valence-electron chi connectivity index (χ3n) is 12.7. The number of rotatable bonds is 14. The molecule has 5 heterocycles. The van der Waals surface area contributed by atoms with Crippen molar-refractivity contribution in [2.24, 2.45) is 5.92 Å². The van der Waals surface area contributed by atoms with E-state index in [0.29, 0.717) is 41.7 Å². The van der Waals surface area contributed by atoms with Crippen LogP contribution in [0.25, 0.3) is 10.9 Å². The van der Waals surface area contributed by atoms with E-state index < -0.39 is 6.10 Å². The van der Waals surface area contributed by atoms with Crippen LogP contribution < -0.4 is 25.8 Å². The summed E-state index contributed by atoms with van der Waals surface area (Å²) in [4.78, 5) is 40.6. The smallest absolute Gasteiger partial charge is 0.338 e. The van der Waals surface area contributed by atoms with E-state index >= 15 is 0 Å². The predicted octanol–water partition coefficient (Wildman–Crippen LogP) is 7.57. The Morgan fingerprint density at radius 3 is 2.11 bits per heavy atom. The second-order valence-corrected chi connectivity index (χ2v) is 17.1. The minimum Gasteiger partial charge on any atom is -0.506 e. The molecule has 0 saturated carbocycles. The van der Waals surface area contributed by atoms with Gasteiger partial charge in [-0.15, -0.1) is 0 Å². The van der Waals surface area contributed by atoms with Crippen LogP contribution in [0.5, 0.6) is 11.5 Å². The predicted molar refractivity (Wildman–Crippen MR) is 257 cm³/mol. The molecule has 0 radical (unpaired) electrons. The molecular weight excluding hydrogens is 835 g/mol. The largest absolute Gasteiger partial charge is 0.506 e. The molecule has 2 atom stereocenters. The van der Waals surface area contributed by atoms with Gasteiger partial charge in [-0.2, -0.15) is 0 Å². The van der Waals surface area contributed by atoms with Crippen LogP contribution >= 0.6 is 0 Å². The number of aromatic nitrogens is 1. The molecule has 346 valence electrons. The van der Waals surface area contributed by atoms with Gasteiger partial charge in [0, 0.05) is 56.2 Å². The molecule has 6 aromatic rings. The van der Waals surface area contributed by atoms with Gasteiger partial charge in [-0.3, -0.25) is 9.59 Å². The highest BCUT2D eigenvalue weighted by Crippen LogP contribution is 2.30. The number of nitrogens with one attached hydrogen (secondary N) is 3. The van der Waals surface area contributed by atoms with Gasteiger partial charge in [0.15, 0.2) is 0 Å². The van der Waals surface area contributed by atoms with E-state index in [2.05, 4.69) is 73.9 Å². The summed E-state index contributed by atoms with van der Waals surface area (Å²) in [7, 11) is 1.95. The van der Waals surface area contributed by atoms with E-state index in [1.165, 1.54) is 56.6 Å². The number of anilines is 1. The summed E-state index contributed by atoms with van der Waals surface area (Å²) in [6, 6.07) is 40.4. The van der Waals surface area contributed by atoms with Crippen LogP contribution in [0.2, 0.25) is 0 Å². The number of esters is 1. The van der Waals surface area contributed by atoms with E-state index in [4.69, 9.17) is 19.4 Å². The lowest BCUT2D eigenvalue weighted by Gasteiger charge is -2.38. The van der Waals surface area contributed by atoms with Crippen molar-refractivity contribution in [3.63, 3.8) is 0 Å². The Morgan fingerprint density at radius 1 is 0.803 bits per heavy atom. The van der Waals surface area contributed by atoms with Crippen LogP contribution in [-0.4, -0.2) is 90.1 Å². The highest BCUT2D eigenvalue weighted by Gasteiger charge is 2.25. The molecule has 0 aliphatic carbocycles. The fraction of sp³-hybridized carbons (Fsp3) is 0.340. The number of benzene rings is 5. The standard InChI is InChI=1S/C45H46N4O6.C7H13N.CH2O2/c1-46-43(32-6-3-2-4-7-32)34-8-5-9-37(26-34)54-29-31-10-14-33(15-11-31)45(53)55-36-22-24-49(25-23-36)35-16-12-30(13-17-35)27-47-28-41(51)38-18-20-40(50)44-39(38)19-21-42(52)48-44;1-4-8-5-2-7(1)3-6-8;2-1-3/h2-21,26,36,41,43,46-47,50-51H,22-25,27-29H2,1H3,(H,48,52);7H,1-6H2;1H,(H,2,3). The Morgan fingerprint density at radius 2 is 1.47 bits per heavy atom. The summed E-state index contributed by atoms with van der Waals surface area (Å²) in [5.74, 6) is 1.55. The van der Waals surface area contributed by atoms with E-state index in [0.717, 1.165) is 60.0 Å². The Balaban J connectivity index is 0.000000516. The number of aromatic hydroxyl groups is 1. The van der Waals surface area contributed by atoms with Gasteiger partial charge in [-0.05, 0) is 128 Å². The fourth-order valence-electron chi connectivity index (χ4n) is 9.01. The summed E-state index contributed by atoms with van der Waals surface area (Å²) in [6.07, 6.45) is 4.99. The topological polar surface area (TPSA) is 177 Å². The lowest BCUT2D eigenvalue weighted by atomic mass is 9.89. The van der Waals surface area contributed by atoms with Crippen molar-refractivity contribution in [2.75, 3.05) is 51.2 Å². The van der Waals surface area contributed by atoms with Crippen molar-refractivity contribution in [1.82, 2.24) is 20.5 Å². The molecule has 13 nitrogen and oxygen atoms in total. The number of hydrogen-bond acceptors (Lipinski definition) is 11. The number of aromatic amines is 1. The fourth-order valence-corrected chi connectivity index (χ4v) is 9.01. The highest BCUT2D eigenvalue weighted by molar-refractivity contribution is 5.89. The number of aliphatic hydroxyl groups is 1. The maximum Gasteiger partial charge on any atom is 0.338 e. The third kappa shape index (κ3) is 12.8. The molecule has 4 aliphatic rings. The van der Waals surface area contributed by atoms with Crippen molar-refractivity contribution in [3.8, 4) is 11.5 Å². The number of phenolic OH excluding ortho intramolecular Hbond substituents is 1. The average molecular weight is 896 g/mol. The molecule has 2 unspecified atom stereocenters. The molecule has 4 fully saturated rings. The number of carbonyl (C=O) groups is 2. The average Bonchev–Trinajstić information content (AvgIpc) is 3.36. The first-order valence-corrected chi connectivity index (χ1v) is 22.8. The van der Waals surface area contributed by atoms with Crippen LogP contribution in [0, 0.1) is 5.92 Å². The van der Waals surface area contributed by atoms with Gasteiger partial charge in [0.25, 0.3) is 6.47 Å². The number of H-pyrrole nitrogens is 1. The molecule has 2 bridgehead atoms. The first-order valence-electron chi connectivity index (χ1n) is 22.8. The number of phenols is 1. The number of aliphatic hydroxyl groups excluding tert-OH is 1. The van der Waals surface area contributed by atoms with Crippen LogP contribution in [0.3, 0.4) is 0 Å². The Bertz CT molecular complexity index is 2500. The lowest BCUT2D eigenvalue weighted by Crippen LogP contribution is -2.41. The van der Waals surface area contributed by atoms with E-state index in [9.17, 15) is 19.8 Å². The van der Waals surface area contributed by atoms with E-state index in [1.807, 2.05) is 49.5 Å². The van der Waals surface area contributed by atoms with E-state index in [1.54, 1.807) is 24.3 Å². The highest BCUT2D eigenvalue weighted by atomic mass is 16.5. The molecule has 0 spiro atoms. The molecule has 1 aromatic heterocycles. The molecule has 5 aromatic carbocycles. The molecule has 6 N–H and O–H groups in total. The van der Waals surface area contributed by atoms with Crippen molar-refractivity contribution >= 4 is 29.0 Å². The summed E-state index contributed by atoms with van der Waals surface area (Å²) in [5.41, 5.74) is 6.61. The zero-order valence-corrected chi connectivity index (χ0v) is 37.5. The zero-order chi connectivity index (χ0) is 46.3. The second kappa shape index (κ2) is 23.6. The van der Waals surface area contributed by atoms with Gasteiger partial charge in [0.2, 0.25) is 5.56 Å². The molecule has 4 saturated heterocycles. The molecule has 10 rings (SSSR count). The zero-order valence-electron chi connectivity index (χ0n) is 37.5. The number of pyridine rings is 1. The number of hydrogen-bond donors (Lipinski definition) is 6. The summed E-state index contributed by atoms with van der Waals surface area (Å²) in [6.45, 7) is 6.75. The van der Waals surface area contributed by atoms with Crippen LogP contribution in [0.4, 0.5) is 5.69 Å². The lowest BCUT2D eigenvalue weighted by molar-refractivity contribution is -0.122. The molecular formula is C53H61N5O8. The van der Waals surface area contributed by atoms with Gasteiger partial charge in [-0.25, -0.2) is 4.79 Å². The SMILES string of the molecule is C1CN2CCC1CC2.CNC(c1ccccc1)c1cccc(OCc2ccc(C(=O)OC3CCN(c4ccc(CNCC(O)c5ccc(O)c6[nH]c(=O)ccc56)cc4)CC3)cc2)c1.O=CO. The van der Waals surface area contributed by atoms with Gasteiger partial charge < -0.3 is 50.2 Å². The monoisotopic (exact) mass is 895 g/mol. The maximum absolute atomic E-state index is 13.0. The first kappa shape index (κ1) is 47.5. The minimum atomic E-state index is -0.824. The van der Waals surface area contributed by atoms with Crippen molar-refractivity contribution < 1.29 is 34.4 Å². The quantitative estimate of drug-likeness (QED) is 0.0468. The van der Waals surface area contributed by atoms with Crippen LogP contribution in [-0.2, 0) is 22.7 Å². The number of carboxylic acid groups (broad SMARTS) is 1. The summed E-state index contributed by atoms with van der Waals surface area (Å²) < 4.78 is 12.0. The summed E-state index contributed by atoms with van der Waals surface area (Å²) in [5, 5.41) is 35.2. The Hall–Kier alpha value is -6.51. The minimum absolute atomic E-state index is 0.0353. The molecule has 4 aliphatic heterocycles. The normalized spacial score (nSPS) is 17.6. The van der Waals surface area contributed by atoms with Gasteiger partial charge >= 0.3 is 5.97 Å². The van der Waals surface area contributed by atoms with Crippen molar-refractivity contribution in [3.05, 3.63) is 171 Å². The number of ether oxygens (including phenoxy) is 2. The Labute approximate surface area is 386 Å².